The zero-order chi connectivity index (χ0) is 38.2. The van der Waals surface area contributed by atoms with Crippen molar-refractivity contribution in [2.24, 2.45) is 17.8 Å². The van der Waals surface area contributed by atoms with Gasteiger partial charge in [-0.05, 0) is 120 Å². The molecule has 6 rings (SSSR count). The number of nitrogens with zero attached hydrogens (tertiary/aromatic N) is 3. The fourth-order valence-electron chi connectivity index (χ4n) is 7.86. The molecule has 8 nitrogen and oxygen atoms in total. The molecule has 1 aliphatic carbocycles. The molecule has 52 heavy (non-hydrogen) atoms. The maximum Gasteiger partial charge on any atom is 0.263 e. The number of aryl methyl sites for hydroxylation is 1. The number of rotatable bonds is 5. The number of allylic oxidation sites excluding steroid dienone is 1. The Morgan fingerprint density at radius 3 is 2.42 bits per heavy atom. The van der Waals surface area contributed by atoms with E-state index in [9.17, 15) is 9.00 Å². The van der Waals surface area contributed by atoms with Crippen LogP contribution in [0.1, 0.15) is 94.6 Å². The van der Waals surface area contributed by atoms with Gasteiger partial charge in [-0.15, -0.1) is 0 Å². The van der Waals surface area contributed by atoms with Crippen molar-refractivity contribution in [3.63, 3.8) is 0 Å². The van der Waals surface area contributed by atoms with Crippen molar-refractivity contribution in [3.8, 4) is 5.75 Å². The number of likely N-dealkylation sites (N-methyl/N-ethyl adjacent to an activating group) is 2. The second-order valence-corrected chi connectivity index (χ2v) is 17.5. The minimum absolute atomic E-state index is 0.0478. The van der Waals surface area contributed by atoms with E-state index >= 15 is 0 Å². The van der Waals surface area contributed by atoms with Gasteiger partial charge in [0.15, 0.2) is 0 Å². The monoisotopic (exact) mass is 756 g/mol. The predicted octanol–water partition coefficient (Wildman–Crippen LogP) is 7.97. The molecular weight excluding hydrogens is 692 g/mol. The summed E-state index contributed by atoms with van der Waals surface area (Å²) in [7, 11) is 6.75. The van der Waals surface area contributed by atoms with Gasteiger partial charge in [0.2, 0.25) is 0 Å². The molecule has 3 aliphatic heterocycles. The van der Waals surface area contributed by atoms with Crippen LogP contribution in [0.4, 0.5) is 5.69 Å². The first-order valence-electron chi connectivity index (χ1n) is 19.4. The number of benzene rings is 2. The number of amides is 1. The van der Waals surface area contributed by atoms with Crippen LogP contribution in [0.2, 0.25) is 5.02 Å². The summed E-state index contributed by atoms with van der Waals surface area (Å²) in [4.78, 5) is 20.3. The number of anilines is 1. The molecule has 2 aromatic carbocycles. The van der Waals surface area contributed by atoms with E-state index in [0.717, 1.165) is 61.7 Å². The van der Waals surface area contributed by atoms with Crippen LogP contribution >= 0.6 is 11.6 Å². The summed E-state index contributed by atoms with van der Waals surface area (Å²) < 4.78 is 28.3. The first-order valence-corrected chi connectivity index (χ1v) is 21.0. The van der Waals surface area contributed by atoms with Crippen LogP contribution in [0.25, 0.3) is 0 Å². The molecule has 0 radical (unpaired) electrons. The van der Waals surface area contributed by atoms with Gasteiger partial charge in [-0.1, -0.05) is 63.9 Å². The first kappa shape index (κ1) is 42.3. The molecule has 1 saturated carbocycles. The van der Waals surface area contributed by atoms with Gasteiger partial charge in [-0.25, -0.2) is 4.21 Å². The van der Waals surface area contributed by atoms with Crippen LogP contribution in [0.5, 0.6) is 5.75 Å². The Kier molecular flexibility index (Phi) is 15.7. The number of carbonyl (C=O) groups excluding carboxylic acids is 1. The van der Waals surface area contributed by atoms with E-state index in [-0.39, 0.29) is 29.1 Å². The van der Waals surface area contributed by atoms with Gasteiger partial charge in [0.05, 0.1) is 23.6 Å². The number of nitrogens with one attached hydrogen (secondary N) is 1. The largest absolute Gasteiger partial charge is 0.491 e. The maximum absolute atomic E-state index is 13.3. The number of halogens is 1. The molecule has 0 aromatic heterocycles. The summed E-state index contributed by atoms with van der Waals surface area (Å²) in [5.74, 6) is 1.64. The lowest BCUT2D eigenvalue weighted by Gasteiger charge is -2.50. The zero-order valence-corrected chi connectivity index (χ0v) is 35.0. The Morgan fingerprint density at radius 2 is 1.83 bits per heavy atom. The van der Waals surface area contributed by atoms with Gasteiger partial charge < -0.3 is 24.2 Å². The molecule has 4 aliphatic rings. The Labute approximate surface area is 322 Å². The van der Waals surface area contributed by atoms with Gasteiger partial charge in [-0.3, -0.25) is 9.52 Å². The Morgan fingerprint density at radius 1 is 1.10 bits per heavy atom. The van der Waals surface area contributed by atoms with E-state index in [1.165, 1.54) is 24.2 Å². The Bertz CT molecular complexity index is 1530. The fraction of sp³-hybridized carbons (Fsp3) is 0.643. The number of hydrogen-bond donors (Lipinski definition) is 1. The molecule has 3 heterocycles. The average Bonchev–Trinajstić information content (AvgIpc) is 3.28. The molecule has 2 fully saturated rings. The quantitative estimate of drug-likeness (QED) is 0.311. The zero-order valence-electron chi connectivity index (χ0n) is 33.4. The molecule has 10 heteroatoms. The number of ether oxygens (including phenoxy) is 2. The second-order valence-electron chi connectivity index (χ2n) is 15.5. The predicted molar refractivity (Wildman–Crippen MR) is 218 cm³/mol. The molecule has 7 unspecified atom stereocenters. The number of likely N-dealkylation sites (tertiary alicyclic amines) is 1. The van der Waals surface area contributed by atoms with Crippen molar-refractivity contribution in [3.05, 3.63) is 70.3 Å². The van der Waals surface area contributed by atoms with E-state index in [1.807, 2.05) is 39.0 Å². The maximum atomic E-state index is 13.3. The van der Waals surface area contributed by atoms with Crippen LogP contribution in [-0.4, -0.2) is 97.8 Å². The molecule has 290 valence electrons. The number of methoxy groups -OCH3 is 1. The van der Waals surface area contributed by atoms with Gasteiger partial charge >= 0.3 is 0 Å². The molecule has 1 saturated heterocycles. The highest BCUT2D eigenvalue weighted by Crippen LogP contribution is 2.43. The summed E-state index contributed by atoms with van der Waals surface area (Å²) in [5, 5.41) is 0.569. The Balaban J connectivity index is 0.000000475. The van der Waals surface area contributed by atoms with Crippen molar-refractivity contribution >= 4 is 34.2 Å². The van der Waals surface area contributed by atoms with Crippen molar-refractivity contribution < 1.29 is 18.5 Å². The van der Waals surface area contributed by atoms with E-state index in [2.05, 4.69) is 85.6 Å². The molecule has 1 N–H and O–H groups in total. The molecule has 2 bridgehead atoms. The summed E-state index contributed by atoms with van der Waals surface area (Å²) in [5.41, 5.74) is 4.41. The second kappa shape index (κ2) is 19.2. The minimum atomic E-state index is -1.50. The van der Waals surface area contributed by atoms with Crippen molar-refractivity contribution in [1.29, 1.82) is 0 Å². The lowest BCUT2D eigenvalue weighted by atomic mass is 9.70. The van der Waals surface area contributed by atoms with Crippen LogP contribution in [0.3, 0.4) is 0 Å². The van der Waals surface area contributed by atoms with E-state index < -0.39 is 11.0 Å². The molecule has 2 aromatic rings. The van der Waals surface area contributed by atoms with Crippen LogP contribution in [0, 0.1) is 17.8 Å². The SMILES string of the molecule is CC.CCCc1cc(Cl)ccc1C1COc2ccc3cc2N(C1)CC1CCC1C(OC)/C=C/CC(C)C(C)S(=O)NC3=O.CN1CC(C)(N(C)C)C1. The van der Waals surface area contributed by atoms with Crippen molar-refractivity contribution in [1.82, 2.24) is 14.5 Å². The van der Waals surface area contributed by atoms with Crippen LogP contribution < -0.4 is 14.4 Å². The summed E-state index contributed by atoms with van der Waals surface area (Å²) in [6.07, 6.45) is 9.47. The molecule has 7 atom stereocenters. The van der Waals surface area contributed by atoms with E-state index in [4.69, 9.17) is 21.1 Å². The summed E-state index contributed by atoms with van der Waals surface area (Å²) in [6.45, 7) is 17.1. The molecule has 0 spiro atoms. The topological polar surface area (TPSA) is 74.3 Å². The van der Waals surface area contributed by atoms with Gasteiger partial charge in [-0.2, -0.15) is 0 Å². The normalized spacial score (nSPS) is 29.3. The number of carbonyl (C=O) groups is 1. The van der Waals surface area contributed by atoms with Crippen LogP contribution in [0.15, 0.2) is 48.6 Å². The third-order valence-corrected chi connectivity index (χ3v) is 13.4. The van der Waals surface area contributed by atoms with E-state index in [0.29, 0.717) is 29.5 Å². The highest BCUT2D eigenvalue weighted by molar-refractivity contribution is 7.84. The number of hydrogen-bond acceptors (Lipinski definition) is 7. The highest BCUT2D eigenvalue weighted by Gasteiger charge is 2.39. The van der Waals surface area contributed by atoms with Crippen molar-refractivity contribution in [2.75, 3.05) is 65.9 Å². The number of fused-ring (bicyclic) bond motifs is 2. The summed E-state index contributed by atoms with van der Waals surface area (Å²) in [6, 6.07) is 11.8. The fourth-order valence-corrected chi connectivity index (χ4v) is 9.07. The lowest BCUT2D eigenvalue weighted by Crippen LogP contribution is -2.65. The third-order valence-electron chi connectivity index (χ3n) is 11.6. The van der Waals surface area contributed by atoms with Crippen molar-refractivity contribution in [2.45, 2.75) is 96.5 Å². The Hall–Kier alpha value is -2.43. The lowest BCUT2D eigenvalue weighted by molar-refractivity contribution is 0.00182. The van der Waals surface area contributed by atoms with E-state index in [1.54, 1.807) is 13.2 Å². The smallest absolute Gasteiger partial charge is 0.263 e. The molecule has 1 amide bonds. The third kappa shape index (κ3) is 10.2. The standard InChI is InChI=1S/C33H43ClN2O4S.C7H16N2.C2H6/c1-5-7-23-16-27(34)12-14-28(23)26-19-36-18-25-10-13-29(25)31(39-4)9-6-8-21(2)22(3)41(38)35-33(37)24-11-15-32(40-20-26)30(36)17-24;1-7(8(2)3)5-9(4)6-7;1-2/h6,9,11-12,14-17,21-22,25-26,29,31H,5,7-8,10,13,18-20H2,1-4H3,(H,35,37);5-6H2,1-4H3;1-2H3/b9-6+;;. The first-order chi connectivity index (χ1) is 24.8. The highest BCUT2D eigenvalue weighted by atomic mass is 35.5. The minimum Gasteiger partial charge on any atom is -0.491 e. The average molecular weight is 758 g/mol. The van der Waals surface area contributed by atoms with Crippen LogP contribution in [-0.2, 0) is 22.1 Å². The molecular formula is C42H65ClN4O4S. The summed E-state index contributed by atoms with van der Waals surface area (Å²) >= 11 is 6.40. The van der Waals surface area contributed by atoms with Gasteiger partial charge in [0, 0.05) is 55.3 Å². The van der Waals surface area contributed by atoms with Gasteiger partial charge in [0.1, 0.15) is 16.7 Å². The van der Waals surface area contributed by atoms with Gasteiger partial charge in [0.25, 0.3) is 5.91 Å².